The molecule has 1 aromatic heterocycles. The van der Waals surface area contributed by atoms with Crippen LogP contribution in [0.15, 0.2) is 0 Å². The third-order valence-corrected chi connectivity index (χ3v) is 4.30. The van der Waals surface area contributed by atoms with E-state index in [0.717, 1.165) is 22.0 Å². The Kier molecular flexibility index (Phi) is 4.31. The Morgan fingerprint density at radius 3 is 2.47 bits per heavy atom. The number of aryl methyl sites for hydroxylation is 2. The molecule has 1 rings (SSSR count). The highest BCUT2D eigenvalue weighted by Gasteiger charge is 2.24. The molecule has 1 amide bonds. The SMILES string of the molecule is CCc1nc(C)c(C(=O)N[C@H](C)C(C)(C)C)s1. The highest BCUT2D eigenvalue weighted by Crippen LogP contribution is 2.22. The van der Waals surface area contributed by atoms with Crippen molar-refractivity contribution >= 4 is 17.2 Å². The highest BCUT2D eigenvalue weighted by molar-refractivity contribution is 7.13. The van der Waals surface area contributed by atoms with Crippen molar-refractivity contribution < 1.29 is 4.79 Å². The molecule has 0 fully saturated rings. The lowest BCUT2D eigenvalue weighted by molar-refractivity contribution is 0.0913. The Labute approximate surface area is 108 Å². The third-order valence-electron chi connectivity index (χ3n) is 3.00. The van der Waals surface area contributed by atoms with E-state index in [1.165, 1.54) is 11.3 Å². The van der Waals surface area contributed by atoms with Crippen molar-refractivity contribution in [2.75, 3.05) is 0 Å². The van der Waals surface area contributed by atoms with Gasteiger partial charge in [0.15, 0.2) is 0 Å². The van der Waals surface area contributed by atoms with Crippen molar-refractivity contribution in [3.05, 3.63) is 15.6 Å². The van der Waals surface area contributed by atoms with Gasteiger partial charge in [-0.2, -0.15) is 0 Å². The number of rotatable bonds is 3. The largest absolute Gasteiger partial charge is 0.348 e. The molecular formula is C13H22N2OS. The standard InChI is InChI=1S/C13H22N2OS/c1-7-10-14-8(2)11(17-10)12(16)15-9(3)13(4,5)6/h9H,7H2,1-6H3,(H,15,16)/t9-/m1/s1. The van der Waals surface area contributed by atoms with Gasteiger partial charge in [0.1, 0.15) is 4.88 Å². The van der Waals surface area contributed by atoms with Gasteiger partial charge >= 0.3 is 0 Å². The summed E-state index contributed by atoms with van der Waals surface area (Å²) >= 11 is 1.50. The number of amides is 1. The van der Waals surface area contributed by atoms with Gasteiger partial charge in [-0.1, -0.05) is 27.7 Å². The van der Waals surface area contributed by atoms with Crippen LogP contribution in [-0.4, -0.2) is 16.9 Å². The molecular weight excluding hydrogens is 232 g/mol. The highest BCUT2D eigenvalue weighted by atomic mass is 32.1. The zero-order chi connectivity index (χ0) is 13.2. The van der Waals surface area contributed by atoms with Crippen molar-refractivity contribution in [2.45, 2.75) is 54.0 Å². The van der Waals surface area contributed by atoms with Gasteiger partial charge in [-0.05, 0) is 25.7 Å². The van der Waals surface area contributed by atoms with Gasteiger partial charge in [0.05, 0.1) is 10.7 Å². The molecule has 0 aliphatic heterocycles. The van der Waals surface area contributed by atoms with Crippen LogP contribution in [0.3, 0.4) is 0 Å². The fraction of sp³-hybridized carbons (Fsp3) is 0.692. The minimum atomic E-state index is 0.00197. The van der Waals surface area contributed by atoms with Gasteiger partial charge in [0.25, 0.3) is 5.91 Å². The van der Waals surface area contributed by atoms with Gasteiger partial charge < -0.3 is 5.32 Å². The molecule has 0 unspecified atom stereocenters. The number of aromatic nitrogens is 1. The Bertz CT molecular complexity index is 404. The molecule has 1 atom stereocenters. The maximum Gasteiger partial charge on any atom is 0.263 e. The van der Waals surface area contributed by atoms with Gasteiger partial charge in [-0.3, -0.25) is 4.79 Å². The molecule has 1 aromatic rings. The van der Waals surface area contributed by atoms with E-state index in [2.05, 4.69) is 38.0 Å². The second-order valence-corrected chi connectivity index (χ2v) is 6.52. The number of nitrogens with one attached hydrogen (secondary N) is 1. The molecule has 0 aliphatic carbocycles. The normalized spacial score (nSPS) is 13.5. The lowest BCUT2D eigenvalue weighted by Gasteiger charge is -2.27. The topological polar surface area (TPSA) is 42.0 Å². The summed E-state index contributed by atoms with van der Waals surface area (Å²) in [5.41, 5.74) is 0.910. The van der Waals surface area contributed by atoms with Crippen molar-refractivity contribution in [1.29, 1.82) is 0 Å². The van der Waals surface area contributed by atoms with Crippen LogP contribution < -0.4 is 5.32 Å². The molecule has 0 radical (unpaired) electrons. The molecule has 1 heterocycles. The van der Waals surface area contributed by atoms with E-state index < -0.39 is 0 Å². The first-order chi connectivity index (χ1) is 7.75. The van der Waals surface area contributed by atoms with E-state index >= 15 is 0 Å². The number of hydrogen-bond acceptors (Lipinski definition) is 3. The second-order valence-electron chi connectivity index (χ2n) is 5.44. The summed E-state index contributed by atoms with van der Waals surface area (Å²) in [5, 5.41) is 4.07. The molecule has 96 valence electrons. The molecule has 0 saturated carbocycles. The van der Waals surface area contributed by atoms with Crippen LogP contribution in [0.1, 0.15) is 55.0 Å². The van der Waals surface area contributed by atoms with Crippen molar-refractivity contribution in [3.8, 4) is 0 Å². The Balaban J connectivity index is 2.80. The van der Waals surface area contributed by atoms with E-state index in [1.54, 1.807) is 0 Å². The molecule has 0 aliphatic rings. The molecule has 4 heteroatoms. The van der Waals surface area contributed by atoms with E-state index in [1.807, 2.05) is 13.8 Å². The van der Waals surface area contributed by atoms with E-state index in [9.17, 15) is 4.79 Å². The predicted octanol–water partition coefficient (Wildman–Crippen LogP) is 3.18. The van der Waals surface area contributed by atoms with Crippen molar-refractivity contribution in [2.24, 2.45) is 5.41 Å². The fourth-order valence-corrected chi connectivity index (χ4v) is 2.20. The third kappa shape index (κ3) is 3.53. The molecule has 17 heavy (non-hydrogen) atoms. The van der Waals surface area contributed by atoms with Crippen LogP contribution in [0, 0.1) is 12.3 Å². The van der Waals surface area contributed by atoms with Crippen molar-refractivity contribution in [3.63, 3.8) is 0 Å². The van der Waals surface area contributed by atoms with Crippen LogP contribution in [0.25, 0.3) is 0 Å². The number of carbonyl (C=O) groups is 1. The fourth-order valence-electron chi connectivity index (χ4n) is 1.29. The monoisotopic (exact) mass is 254 g/mol. The smallest absolute Gasteiger partial charge is 0.263 e. The maximum absolute atomic E-state index is 12.1. The van der Waals surface area contributed by atoms with Gasteiger partial charge in [0.2, 0.25) is 0 Å². The maximum atomic E-state index is 12.1. The summed E-state index contributed by atoms with van der Waals surface area (Å²) in [6.07, 6.45) is 0.883. The van der Waals surface area contributed by atoms with Gasteiger partial charge in [0, 0.05) is 6.04 Å². The summed E-state index contributed by atoms with van der Waals surface area (Å²) in [6.45, 7) is 12.3. The number of thiazole rings is 1. The molecule has 0 saturated heterocycles. The van der Waals surface area contributed by atoms with Crippen LogP contribution in [0.5, 0.6) is 0 Å². The van der Waals surface area contributed by atoms with E-state index in [0.29, 0.717) is 0 Å². The molecule has 3 nitrogen and oxygen atoms in total. The predicted molar refractivity (Wildman–Crippen MR) is 72.6 cm³/mol. The summed E-state index contributed by atoms with van der Waals surface area (Å²) in [7, 11) is 0. The first kappa shape index (κ1) is 14.2. The minimum absolute atomic E-state index is 0.00197. The Morgan fingerprint density at radius 2 is 2.06 bits per heavy atom. The Hall–Kier alpha value is -0.900. The van der Waals surface area contributed by atoms with Gasteiger partial charge in [-0.25, -0.2) is 4.98 Å². The first-order valence-corrected chi connectivity index (χ1v) is 6.84. The summed E-state index contributed by atoms with van der Waals surface area (Å²) in [4.78, 5) is 17.2. The first-order valence-electron chi connectivity index (χ1n) is 6.02. The lowest BCUT2D eigenvalue weighted by atomic mass is 9.88. The summed E-state index contributed by atoms with van der Waals surface area (Å²) < 4.78 is 0. The molecule has 0 aromatic carbocycles. The lowest BCUT2D eigenvalue weighted by Crippen LogP contribution is -2.41. The zero-order valence-electron chi connectivity index (χ0n) is 11.5. The van der Waals surface area contributed by atoms with E-state index in [4.69, 9.17) is 0 Å². The van der Waals surface area contributed by atoms with Crippen LogP contribution >= 0.6 is 11.3 Å². The minimum Gasteiger partial charge on any atom is -0.348 e. The average molecular weight is 254 g/mol. The van der Waals surface area contributed by atoms with Crippen LogP contribution in [0.2, 0.25) is 0 Å². The Morgan fingerprint density at radius 1 is 1.47 bits per heavy atom. The summed E-state index contributed by atoms with van der Waals surface area (Å²) in [5.74, 6) is 0.00197. The molecule has 0 spiro atoms. The van der Waals surface area contributed by atoms with Crippen molar-refractivity contribution in [1.82, 2.24) is 10.3 Å². The molecule has 0 bridgehead atoms. The quantitative estimate of drug-likeness (QED) is 0.900. The van der Waals surface area contributed by atoms with Crippen LogP contribution in [-0.2, 0) is 6.42 Å². The number of nitrogens with zero attached hydrogens (tertiary/aromatic N) is 1. The number of carbonyl (C=O) groups excluding carboxylic acids is 1. The zero-order valence-corrected chi connectivity index (χ0v) is 12.4. The summed E-state index contributed by atoms with van der Waals surface area (Å²) in [6, 6.07) is 0.140. The average Bonchev–Trinajstić information content (AvgIpc) is 2.58. The van der Waals surface area contributed by atoms with Crippen LogP contribution in [0.4, 0.5) is 0 Å². The molecule has 1 N–H and O–H groups in total. The van der Waals surface area contributed by atoms with Gasteiger partial charge in [-0.15, -0.1) is 11.3 Å². The van der Waals surface area contributed by atoms with E-state index in [-0.39, 0.29) is 17.4 Å². The second kappa shape index (κ2) is 5.17. The number of hydrogen-bond donors (Lipinski definition) is 1.